The maximum Gasteiger partial charge on any atom is 0.211 e. The van der Waals surface area contributed by atoms with E-state index < -0.39 is 0 Å². The molecule has 1 amide bonds. The fourth-order valence-corrected chi connectivity index (χ4v) is 3.05. The van der Waals surface area contributed by atoms with Gasteiger partial charge < -0.3 is 14.8 Å². The van der Waals surface area contributed by atoms with E-state index in [-0.39, 0.29) is 0 Å². The van der Waals surface area contributed by atoms with Gasteiger partial charge in [-0.25, -0.2) is 0 Å². The van der Waals surface area contributed by atoms with Crippen molar-refractivity contribution in [2.75, 3.05) is 44.8 Å². The van der Waals surface area contributed by atoms with Crippen LogP contribution in [0.3, 0.4) is 0 Å². The minimum Gasteiger partial charge on any atom is -0.493 e. The summed E-state index contributed by atoms with van der Waals surface area (Å²) in [4.78, 5) is 12.8. The van der Waals surface area contributed by atoms with Crippen LogP contribution in [0.2, 0.25) is 0 Å². The molecule has 1 fully saturated rings. The Morgan fingerprint density at radius 1 is 1.11 bits per heavy atom. The van der Waals surface area contributed by atoms with Gasteiger partial charge in [-0.3, -0.25) is 9.69 Å². The number of aryl methyl sites for hydroxylation is 1. The maximum atomic E-state index is 10.4. The molecule has 1 N–H and O–H groups in total. The lowest BCUT2D eigenvalue weighted by Gasteiger charge is -2.26. The Balaban J connectivity index is 1.50. The molecule has 28 heavy (non-hydrogen) atoms. The molecule has 0 aromatic heterocycles. The highest BCUT2D eigenvalue weighted by atomic mass is 16.5. The van der Waals surface area contributed by atoms with E-state index in [0.29, 0.717) is 13.0 Å². The van der Waals surface area contributed by atoms with Crippen molar-refractivity contribution >= 4 is 12.1 Å². The van der Waals surface area contributed by atoms with Crippen LogP contribution < -0.4 is 10.1 Å². The normalized spacial score (nSPS) is 14.0. The van der Waals surface area contributed by atoms with Gasteiger partial charge in [0, 0.05) is 36.4 Å². The SMILES string of the molecule is Cc1cc(C#Cc2ccc(NC=O)cc2)ccc1OCCCN1CCOCC1. The zero-order valence-corrected chi connectivity index (χ0v) is 16.2. The molecule has 2 aromatic rings. The van der Waals surface area contributed by atoms with Crippen LogP contribution in [0.1, 0.15) is 23.1 Å². The van der Waals surface area contributed by atoms with Gasteiger partial charge in [0.15, 0.2) is 0 Å². The van der Waals surface area contributed by atoms with E-state index in [4.69, 9.17) is 9.47 Å². The summed E-state index contributed by atoms with van der Waals surface area (Å²) in [5.74, 6) is 7.23. The fraction of sp³-hybridized carbons (Fsp3) is 0.348. The topological polar surface area (TPSA) is 50.8 Å². The van der Waals surface area contributed by atoms with Crippen molar-refractivity contribution in [2.24, 2.45) is 0 Å². The van der Waals surface area contributed by atoms with Crippen molar-refractivity contribution in [1.29, 1.82) is 0 Å². The molecule has 0 atom stereocenters. The van der Waals surface area contributed by atoms with Gasteiger partial charge in [0.1, 0.15) is 5.75 Å². The summed E-state index contributed by atoms with van der Waals surface area (Å²) in [5.41, 5.74) is 3.70. The Labute approximate surface area is 166 Å². The Hall–Kier alpha value is -2.81. The molecule has 0 radical (unpaired) electrons. The van der Waals surface area contributed by atoms with Crippen molar-refractivity contribution in [1.82, 2.24) is 4.90 Å². The third-order valence-electron chi connectivity index (χ3n) is 4.62. The lowest BCUT2D eigenvalue weighted by Crippen LogP contribution is -2.37. The molecule has 0 bridgehead atoms. The summed E-state index contributed by atoms with van der Waals surface area (Å²) < 4.78 is 11.3. The molecule has 1 aliphatic heterocycles. The van der Waals surface area contributed by atoms with Crippen molar-refractivity contribution < 1.29 is 14.3 Å². The number of morpholine rings is 1. The average molecular weight is 378 g/mol. The summed E-state index contributed by atoms with van der Waals surface area (Å²) in [6, 6.07) is 13.5. The first-order chi connectivity index (χ1) is 13.7. The molecule has 1 heterocycles. The van der Waals surface area contributed by atoms with E-state index in [1.54, 1.807) is 0 Å². The number of hydrogen-bond donors (Lipinski definition) is 1. The van der Waals surface area contributed by atoms with Crippen LogP contribution >= 0.6 is 0 Å². The first-order valence-electron chi connectivity index (χ1n) is 9.60. The lowest BCUT2D eigenvalue weighted by molar-refractivity contribution is -0.105. The van der Waals surface area contributed by atoms with E-state index in [2.05, 4.69) is 22.1 Å². The van der Waals surface area contributed by atoms with Crippen LogP contribution in [0.5, 0.6) is 5.75 Å². The molecule has 1 aliphatic rings. The number of nitrogens with one attached hydrogen (secondary N) is 1. The summed E-state index contributed by atoms with van der Waals surface area (Å²) in [6.45, 7) is 7.51. The number of amides is 1. The van der Waals surface area contributed by atoms with Gasteiger partial charge >= 0.3 is 0 Å². The zero-order valence-electron chi connectivity index (χ0n) is 16.2. The molecule has 146 valence electrons. The number of rotatable bonds is 7. The molecule has 1 saturated heterocycles. The maximum absolute atomic E-state index is 10.4. The minimum absolute atomic E-state index is 0.662. The van der Waals surface area contributed by atoms with Gasteiger partial charge in [0.2, 0.25) is 6.41 Å². The third kappa shape index (κ3) is 6.12. The fourth-order valence-electron chi connectivity index (χ4n) is 3.05. The van der Waals surface area contributed by atoms with Gasteiger partial charge in [0.05, 0.1) is 19.8 Å². The average Bonchev–Trinajstić information content (AvgIpc) is 2.73. The van der Waals surface area contributed by atoms with Crippen LogP contribution in [0.15, 0.2) is 42.5 Å². The Morgan fingerprint density at radius 3 is 2.54 bits per heavy atom. The first-order valence-corrected chi connectivity index (χ1v) is 9.60. The Kier molecular flexibility index (Phi) is 7.48. The van der Waals surface area contributed by atoms with Crippen LogP contribution in [-0.4, -0.2) is 50.8 Å². The molecular formula is C23H26N2O3. The predicted molar refractivity (Wildman–Crippen MR) is 111 cm³/mol. The molecule has 3 rings (SSSR count). The van der Waals surface area contributed by atoms with E-state index in [9.17, 15) is 4.79 Å². The summed E-state index contributed by atoms with van der Waals surface area (Å²) >= 11 is 0. The number of carbonyl (C=O) groups excluding carboxylic acids is 1. The van der Waals surface area contributed by atoms with Gasteiger partial charge in [-0.15, -0.1) is 0 Å². The summed E-state index contributed by atoms with van der Waals surface area (Å²) in [5, 5.41) is 2.61. The van der Waals surface area contributed by atoms with Crippen molar-refractivity contribution in [3.63, 3.8) is 0 Å². The Bertz CT molecular complexity index is 831. The van der Waals surface area contributed by atoms with Crippen LogP contribution in [-0.2, 0) is 9.53 Å². The van der Waals surface area contributed by atoms with Crippen LogP contribution in [0, 0.1) is 18.8 Å². The molecular weight excluding hydrogens is 352 g/mol. The summed E-state index contributed by atoms with van der Waals surface area (Å²) in [6.07, 6.45) is 1.67. The molecule has 5 nitrogen and oxygen atoms in total. The van der Waals surface area contributed by atoms with Crippen LogP contribution in [0.4, 0.5) is 5.69 Å². The quantitative estimate of drug-likeness (QED) is 0.457. The number of anilines is 1. The molecule has 0 aliphatic carbocycles. The standard InChI is InChI=1S/C23H26N2O3/c1-19-17-21(4-3-20-5-8-22(9-6-20)24-18-26)7-10-23(19)28-14-2-11-25-12-15-27-16-13-25/h5-10,17-18H,2,11-16H2,1H3,(H,24,26). The Morgan fingerprint density at radius 2 is 1.82 bits per heavy atom. The molecule has 0 saturated carbocycles. The highest BCUT2D eigenvalue weighted by molar-refractivity contribution is 5.71. The van der Waals surface area contributed by atoms with E-state index >= 15 is 0 Å². The number of benzene rings is 2. The first kappa shape index (κ1) is 19.9. The highest BCUT2D eigenvalue weighted by Gasteiger charge is 2.09. The second kappa shape index (κ2) is 10.5. The van der Waals surface area contributed by atoms with Gasteiger partial charge in [-0.05, 0) is 61.4 Å². The van der Waals surface area contributed by atoms with E-state index in [0.717, 1.165) is 67.4 Å². The number of carbonyl (C=O) groups is 1. The van der Waals surface area contributed by atoms with Gasteiger partial charge in [-0.2, -0.15) is 0 Å². The molecule has 0 unspecified atom stereocenters. The van der Waals surface area contributed by atoms with Crippen LogP contribution in [0.25, 0.3) is 0 Å². The zero-order chi connectivity index (χ0) is 19.6. The van der Waals surface area contributed by atoms with Gasteiger partial charge in [-0.1, -0.05) is 11.8 Å². The number of hydrogen-bond acceptors (Lipinski definition) is 4. The molecule has 0 spiro atoms. The third-order valence-corrected chi connectivity index (χ3v) is 4.62. The van der Waals surface area contributed by atoms with E-state index in [1.165, 1.54) is 0 Å². The lowest BCUT2D eigenvalue weighted by atomic mass is 10.1. The molecule has 5 heteroatoms. The largest absolute Gasteiger partial charge is 0.493 e. The number of nitrogens with zero attached hydrogens (tertiary/aromatic N) is 1. The minimum atomic E-state index is 0.662. The predicted octanol–water partition coefficient (Wildman–Crippen LogP) is 3.06. The smallest absolute Gasteiger partial charge is 0.211 e. The number of ether oxygens (including phenoxy) is 2. The second-order valence-corrected chi connectivity index (χ2v) is 6.73. The van der Waals surface area contributed by atoms with Crippen molar-refractivity contribution in [3.8, 4) is 17.6 Å². The van der Waals surface area contributed by atoms with Gasteiger partial charge in [0.25, 0.3) is 0 Å². The molecule has 2 aromatic carbocycles. The van der Waals surface area contributed by atoms with Crippen molar-refractivity contribution in [2.45, 2.75) is 13.3 Å². The summed E-state index contributed by atoms with van der Waals surface area (Å²) in [7, 11) is 0. The van der Waals surface area contributed by atoms with E-state index in [1.807, 2.05) is 49.4 Å². The monoisotopic (exact) mass is 378 g/mol. The van der Waals surface area contributed by atoms with Crippen molar-refractivity contribution in [3.05, 3.63) is 59.2 Å². The highest BCUT2D eigenvalue weighted by Crippen LogP contribution is 2.19. The second-order valence-electron chi connectivity index (χ2n) is 6.73.